The first-order chi connectivity index (χ1) is 23.0. The largest absolute Gasteiger partial charge is 0.543 e. The fraction of sp³-hybridized carbons (Fsp3) is 0.818. The van der Waals surface area contributed by atoms with Gasteiger partial charge in [0.05, 0.1) is 0 Å². The Morgan fingerprint density at radius 3 is 1.67 bits per heavy atom. The second-order valence-corrected chi connectivity index (χ2v) is 35.7. The third-order valence-electron chi connectivity index (χ3n) is 13.7. The average molecular weight is 761 g/mol. The van der Waals surface area contributed by atoms with Crippen LogP contribution in [0.15, 0.2) is 24.3 Å². The topological polar surface area (TPSA) is 47.9 Å². The fourth-order valence-corrected chi connectivity index (χ4v) is 9.74. The van der Waals surface area contributed by atoms with Crippen molar-refractivity contribution in [3.63, 3.8) is 0 Å². The number of unbranched alkanes of at least 4 members (excludes halogenated alkanes) is 3. The monoisotopic (exact) mass is 761 g/mol. The number of benzene rings is 1. The van der Waals surface area contributed by atoms with Crippen LogP contribution in [-0.2, 0) is 9.84 Å². The molecule has 1 aromatic rings. The quantitative estimate of drug-likeness (QED) is 0.0976. The molecule has 0 unspecified atom stereocenters. The molecule has 7 heteroatoms. The van der Waals surface area contributed by atoms with Gasteiger partial charge in [-0.15, -0.1) is 0 Å². The van der Waals surface area contributed by atoms with Crippen molar-refractivity contribution in [2.75, 3.05) is 13.2 Å². The van der Waals surface area contributed by atoms with Gasteiger partial charge in [-0.05, 0) is 127 Å². The van der Waals surface area contributed by atoms with Crippen molar-refractivity contribution in [3.05, 3.63) is 35.4 Å². The molecule has 0 heterocycles. The van der Waals surface area contributed by atoms with Crippen LogP contribution in [0.25, 0.3) is 0 Å². The summed E-state index contributed by atoms with van der Waals surface area (Å²) in [5, 5.41) is 10.4. The van der Waals surface area contributed by atoms with Crippen LogP contribution >= 0.6 is 0 Å². The molecule has 1 N–H and O–H groups in total. The lowest BCUT2D eigenvalue weighted by Gasteiger charge is -2.44. The predicted molar refractivity (Wildman–Crippen MR) is 231 cm³/mol. The van der Waals surface area contributed by atoms with Crippen LogP contribution < -0.4 is 8.85 Å². The van der Waals surface area contributed by atoms with Gasteiger partial charge in [0.2, 0.25) is 16.6 Å². The average Bonchev–Trinajstić information content (AvgIpc) is 2.96. The minimum absolute atomic E-state index is 0.0185. The van der Waals surface area contributed by atoms with E-state index in [4.69, 9.17) is 13.3 Å². The predicted octanol–water partition coefficient (Wildman–Crippen LogP) is 14.2. The Labute approximate surface area is 320 Å². The minimum Gasteiger partial charge on any atom is -0.543 e. The van der Waals surface area contributed by atoms with Gasteiger partial charge in [-0.25, -0.2) is 0 Å². The number of aliphatic hydroxyl groups excluding tert-OH is 1. The zero-order valence-corrected chi connectivity index (χ0v) is 40.0. The molecule has 0 radical (unpaired) electrons. The molecule has 0 spiro atoms. The molecule has 4 nitrogen and oxygen atoms in total. The Morgan fingerprint density at radius 2 is 1.24 bits per heavy atom. The van der Waals surface area contributed by atoms with Crippen LogP contribution in [-0.4, -0.2) is 43.3 Å². The van der Waals surface area contributed by atoms with Gasteiger partial charge in [0.25, 0.3) is 0 Å². The maximum atomic E-state index is 10.1. The van der Waals surface area contributed by atoms with E-state index in [2.05, 4.69) is 141 Å². The van der Waals surface area contributed by atoms with Crippen molar-refractivity contribution in [1.82, 2.24) is 0 Å². The molecule has 3 atom stereocenters. The van der Waals surface area contributed by atoms with E-state index in [1.165, 1.54) is 36.8 Å². The Kier molecular flexibility index (Phi) is 15.7. The second-order valence-electron chi connectivity index (χ2n) is 21.4. The van der Waals surface area contributed by atoms with E-state index in [1.54, 1.807) is 0 Å². The fourth-order valence-electron chi connectivity index (χ4n) is 6.61. The molecule has 296 valence electrons. The van der Waals surface area contributed by atoms with Gasteiger partial charge in [0.1, 0.15) is 11.5 Å². The molecule has 1 fully saturated rings. The van der Waals surface area contributed by atoms with E-state index in [-0.39, 0.29) is 39.0 Å². The van der Waals surface area contributed by atoms with Crippen molar-refractivity contribution in [3.8, 4) is 11.5 Å². The molecule has 1 saturated carbocycles. The molecule has 0 aromatic heterocycles. The SMILES string of the molecule is C=C(CCO)[C@@H]1CC[C@@H](CO[Si](C)(C)C(C)(C)C)C[C@H]1c1c(O[Si](C)(C)C(C)(C)C)cc(C(C)(C)CCCCCC)cc1O[Si](C)(C)C(C)(C)C. The number of aliphatic hydroxyl groups is 1. The minimum atomic E-state index is -2.25. The maximum absolute atomic E-state index is 10.1. The Balaban J connectivity index is 2.95. The van der Waals surface area contributed by atoms with E-state index in [0.717, 1.165) is 49.4 Å². The molecule has 0 aliphatic heterocycles. The highest BCUT2D eigenvalue weighted by molar-refractivity contribution is 6.75. The summed E-state index contributed by atoms with van der Waals surface area (Å²) in [6.45, 7) is 48.0. The highest BCUT2D eigenvalue weighted by atomic mass is 28.4. The van der Waals surface area contributed by atoms with Crippen LogP contribution in [0.2, 0.25) is 54.4 Å². The summed E-state index contributed by atoms with van der Waals surface area (Å²) in [5.41, 5.74) is 3.71. The smallest absolute Gasteiger partial charge is 0.250 e. The van der Waals surface area contributed by atoms with Crippen LogP contribution in [0.3, 0.4) is 0 Å². The van der Waals surface area contributed by atoms with Gasteiger partial charge in [0, 0.05) is 18.8 Å². The van der Waals surface area contributed by atoms with Crippen LogP contribution in [0.4, 0.5) is 0 Å². The lowest BCUT2D eigenvalue weighted by molar-refractivity contribution is 0.160. The van der Waals surface area contributed by atoms with Gasteiger partial charge in [-0.2, -0.15) is 0 Å². The van der Waals surface area contributed by atoms with Crippen LogP contribution in [0.5, 0.6) is 11.5 Å². The summed E-state index contributed by atoms with van der Waals surface area (Å²) in [5.74, 6) is 2.93. The zero-order chi connectivity index (χ0) is 39.4. The number of hydrogen-bond acceptors (Lipinski definition) is 4. The highest BCUT2D eigenvalue weighted by Crippen LogP contribution is 2.54. The lowest BCUT2D eigenvalue weighted by atomic mass is 9.67. The van der Waals surface area contributed by atoms with Gasteiger partial charge in [-0.1, -0.05) is 121 Å². The zero-order valence-electron chi connectivity index (χ0n) is 37.0. The first kappa shape index (κ1) is 46.3. The molecule has 51 heavy (non-hydrogen) atoms. The maximum Gasteiger partial charge on any atom is 0.250 e. The third kappa shape index (κ3) is 12.1. The summed E-state index contributed by atoms with van der Waals surface area (Å²) in [7, 11) is -6.39. The standard InChI is InChI=1S/C44H84O4Si3/c1-20-21-22-23-27-44(12,13)35-30-38(47-50(16,17)42(6,7)8)40(39(31-35)48-51(18,19)43(9,10)11)37-29-34(24-25-36(37)33(2)26-28-45)32-46-49(14,15)41(3,4)5/h30-31,34,36-37,45H,2,20-29,32H2,1,3-19H3/t34-,36+,37-/m1/s1. The summed E-state index contributed by atoms with van der Waals surface area (Å²) >= 11 is 0. The van der Waals surface area contributed by atoms with E-state index < -0.39 is 25.0 Å². The molecular formula is C44H84O4Si3. The second kappa shape index (κ2) is 17.3. The molecule has 1 aliphatic carbocycles. The Morgan fingerprint density at radius 1 is 0.745 bits per heavy atom. The van der Waals surface area contributed by atoms with Crippen molar-refractivity contribution in [2.24, 2.45) is 11.8 Å². The summed E-state index contributed by atoms with van der Waals surface area (Å²) in [4.78, 5) is 0. The molecule has 0 saturated heterocycles. The number of hydrogen-bond donors (Lipinski definition) is 1. The molecule has 0 bridgehead atoms. The van der Waals surface area contributed by atoms with E-state index in [1.807, 2.05) is 0 Å². The van der Waals surface area contributed by atoms with Crippen molar-refractivity contribution in [2.45, 2.75) is 207 Å². The van der Waals surface area contributed by atoms with E-state index in [9.17, 15) is 5.11 Å². The normalized spacial score (nSPS) is 20.0. The third-order valence-corrected chi connectivity index (χ3v) is 26.8. The molecule has 1 aliphatic rings. The van der Waals surface area contributed by atoms with E-state index in [0.29, 0.717) is 12.3 Å². The van der Waals surface area contributed by atoms with Gasteiger partial charge in [-0.3, -0.25) is 0 Å². The first-order valence-corrected chi connectivity index (χ1v) is 29.2. The molecule has 1 aromatic carbocycles. The van der Waals surface area contributed by atoms with Crippen molar-refractivity contribution < 1.29 is 18.4 Å². The Hall–Kier alpha value is -0.869. The first-order valence-electron chi connectivity index (χ1n) is 20.5. The highest BCUT2D eigenvalue weighted by Gasteiger charge is 2.45. The van der Waals surface area contributed by atoms with Crippen molar-refractivity contribution >= 4 is 25.0 Å². The lowest BCUT2D eigenvalue weighted by Crippen LogP contribution is -2.45. The summed E-state index contributed by atoms with van der Waals surface area (Å²) < 4.78 is 22.0. The van der Waals surface area contributed by atoms with Crippen molar-refractivity contribution in [1.29, 1.82) is 0 Å². The van der Waals surface area contributed by atoms with Gasteiger partial charge < -0.3 is 18.4 Å². The summed E-state index contributed by atoms with van der Waals surface area (Å²) in [6.07, 6.45) is 9.95. The van der Waals surface area contributed by atoms with Gasteiger partial charge in [0.15, 0.2) is 8.32 Å². The molecular weight excluding hydrogens is 677 g/mol. The molecule has 0 amide bonds. The summed E-state index contributed by atoms with van der Waals surface area (Å²) in [6, 6.07) is 4.85. The molecule has 2 rings (SSSR count). The van der Waals surface area contributed by atoms with E-state index >= 15 is 0 Å². The Bertz CT molecular complexity index is 1230. The van der Waals surface area contributed by atoms with Crippen LogP contribution in [0, 0.1) is 11.8 Å². The van der Waals surface area contributed by atoms with Crippen LogP contribution in [0.1, 0.15) is 158 Å². The number of rotatable bonds is 17. The van der Waals surface area contributed by atoms with Gasteiger partial charge >= 0.3 is 0 Å².